The number of ether oxygens (including phenoxy) is 1. The number of benzene rings is 1. The van der Waals surface area contributed by atoms with E-state index in [1.54, 1.807) is 30.5 Å². The fourth-order valence-corrected chi connectivity index (χ4v) is 2.79. The van der Waals surface area contributed by atoms with Crippen LogP contribution in [0.4, 0.5) is 10.5 Å². The van der Waals surface area contributed by atoms with Gasteiger partial charge in [-0.25, -0.2) is 14.6 Å². The van der Waals surface area contributed by atoms with Gasteiger partial charge in [-0.05, 0) is 64.8 Å². The van der Waals surface area contributed by atoms with Crippen LogP contribution in [0.3, 0.4) is 0 Å². The monoisotopic (exact) mass is 414 g/mol. The van der Waals surface area contributed by atoms with Crippen LogP contribution in [-0.2, 0) is 16.1 Å². The smallest absolute Gasteiger partial charge is 0.347 e. The lowest BCUT2D eigenvalue weighted by Crippen LogP contribution is -2.46. The van der Waals surface area contributed by atoms with Gasteiger partial charge in [-0.1, -0.05) is 12.1 Å². The maximum atomic E-state index is 12.4. The highest BCUT2D eigenvalue weighted by Gasteiger charge is 2.24. The van der Waals surface area contributed by atoms with Gasteiger partial charge in [-0.2, -0.15) is 0 Å². The molecule has 0 unspecified atom stereocenters. The van der Waals surface area contributed by atoms with Crippen LogP contribution in [-0.4, -0.2) is 32.7 Å². The maximum absolute atomic E-state index is 12.4. The summed E-state index contributed by atoms with van der Waals surface area (Å²) in [7, 11) is 0. The van der Waals surface area contributed by atoms with Gasteiger partial charge in [0.05, 0.1) is 6.54 Å². The van der Waals surface area contributed by atoms with Crippen LogP contribution in [0, 0.1) is 0 Å². The average Bonchev–Trinajstić information content (AvgIpc) is 2.60. The highest BCUT2D eigenvalue weighted by atomic mass is 16.6. The molecule has 162 valence electrons. The maximum Gasteiger partial charge on any atom is 0.347 e. The number of urea groups is 1. The molecule has 0 saturated heterocycles. The Hall–Kier alpha value is -3.16. The largest absolute Gasteiger partial charge is 0.460 e. The van der Waals surface area contributed by atoms with E-state index in [-0.39, 0.29) is 24.1 Å². The molecule has 0 aliphatic carbocycles. The number of nitrogens with zero attached hydrogens (tertiary/aromatic N) is 2. The standard InChI is InChI=1S/C22H30N4O4/c1-21(2,3)30-18(27)10-11-22(4,5)25-19(28)24-17-9-6-8-16(14-17)15-26-13-7-12-23-20(26)29/h6-9,12-14H,10-11,15H2,1-5H3,(H2,24,25,28). The van der Waals surface area contributed by atoms with E-state index in [9.17, 15) is 14.4 Å². The molecule has 2 N–H and O–H groups in total. The molecule has 30 heavy (non-hydrogen) atoms. The summed E-state index contributed by atoms with van der Waals surface area (Å²) in [5, 5.41) is 5.67. The van der Waals surface area contributed by atoms with Gasteiger partial charge < -0.3 is 15.4 Å². The van der Waals surface area contributed by atoms with E-state index in [4.69, 9.17) is 4.74 Å². The summed E-state index contributed by atoms with van der Waals surface area (Å²) < 4.78 is 6.79. The minimum absolute atomic E-state index is 0.208. The highest BCUT2D eigenvalue weighted by molar-refractivity contribution is 5.89. The molecule has 8 nitrogen and oxygen atoms in total. The lowest BCUT2D eigenvalue weighted by atomic mass is 9.98. The molecule has 0 aliphatic rings. The van der Waals surface area contributed by atoms with E-state index in [0.29, 0.717) is 18.7 Å². The molecule has 2 rings (SSSR count). The van der Waals surface area contributed by atoms with Crippen molar-refractivity contribution in [3.8, 4) is 0 Å². The Morgan fingerprint density at radius 1 is 1.13 bits per heavy atom. The minimum Gasteiger partial charge on any atom is -0.460 e. The van der Waals surface area contributed by atoms with Crippen molar-refractivity contribution in [2.45, 2.75) is 65.1 Å². The number of nitrogens with one attached hydrogen (secondary N) is 2. The molecule has 1 aromatic carbocycles. The first-order chi connectivity index (χ1) is 13.9. The highest BCUT2D eigenvalue weighted by Crippen LogP contribution is 2.16. The summed E-state index contributed by atoms with van der Waals surface area (Å²) in [5.41, 5.74) is -0.00287. The van der Waals surface area contributed by atoms with Crippen molar-refractivity contribution < 1.29 is 14.3 Å². The van der Waals surface area contributed by atoms with Crippen molar-refractivity contribution in [2.24, 2.45) is 0 Å². The van der Waals surface area contributed by atoms with Crippen LogP contribution in [0.25, 0.3) is 0 Å². The lowest BCUT2D eigenvalue weighted by molar-refractivity contribution is -0.155. The third-order valence-electron chi connectivity index (χ3n) is 4.15. The van der Waals surface area contributed by atoms with Crippen LogP contribution < -0.4 is 16.3 Å². The topological polar surface area (TPSA) is 102 Å². The Labute approximate surface area is 176 Å². The molecule has 2 aromatic rings. The molecule has 1 heterocycles. The minimum atomic E-state index is -0.596. The predicted octanol–water partition coefficient (Wildman–Crippen LogP) is 3.31. The molecule has 0 spiro atoms. The summed E-state index contributed by atoms with van der Waals surface area (Å²) in [4.78, 5) is 39.8. The van der Waals surface area contributed by atoms with Gasteiger partial charge in [0.25, 0.3) is 0 Å². The second kappa shape index (κ2) is 9.56. The summed E-state index contributed by atoms with van der Waals surface area (Å²) >= 11 is 0. The SMILES string of the molecule is CC(C)(CCC(=O)OC(C)(C)C)NC(=O)Nc1cccc(Cn2cccnc2=O)c1. The van der Waals surface area contributed by atoms with E-state index in [1.165, 1.54) is 10.8 Å². The van der Waals surface area contributed by atoms with E-state index in [0.717, 1.165) is 5.56 Å². The number of amides is 2. The van der Waals surface area contributed by atoms with Crippen LogP contribution in [0.2, 0.25) is 0 Å². The van der Waals surface area contributed by atoms with Crippen molar-refractivity contribution in [2.75, 3.05) is 5.32 Å². The van der Waals surface area contributed by atoms with Gasteiger partial charge in [0.15, 0.2) is 0 Å². The fraction of sp³-hybridized carbons (Fsp3) is 0.455. The van der Waals surface area contributed by atoms with E-state index in [1.807, 2.05) is 40.7 Å². The van der Waals surface area contributed by atoms with Crippen LogP contribution in [0.1, 0.15) is 53.0 Å². The van der Waals surface area contributed by atoms with Gasteiger partial charge >= 0.3 is 17.7 Å². The first kappa shape index (κ1) is 23.1. The first-order valence-corrected chi connectivity index (χ1v) is 9.85. The number of aromatic nitrogens is 2. The second-order valence-electron chi connectivity index (χ2n) is 8.78. The third-order valence-corrected chi connectivity index (χ3v) is 4.15. The number of carbonyl (C=O) groups is 2. The zero-order valence-electron chi connectivity index (χ0n) is 18.2. The number of carbonyl (C=O) groups excluding carboxylic acids is 2. The fourth-order valence-electron chi connectivity index (χ4n) is 2.79. The molecule has 2 amide bonds. The summed E-state index contributed by atoms with van der Waals surface area (Å²) in [6.45, 7) is 9.51. The molecular formula is C22H30N4O4. The van der Waals surface area contributed by atoms with Gasteiger partial charge in [0, 0.05) is 30.0 Å². The van der Waals surface area contributed by atoms with Crippen molar-refractivity contribution in [3.63, 3.8) is 0 Å². The molecule has 0 bridgehead atoms. The molecule has 0 radical (unpaired) electrons. The first-order valence-electron chi connectivity index (χ1n) is 9.85. The number of anilines is 1. The molecule has 0 atom stereocenters. The molecule has 8 heteroatoms. The zero-order chi connectivity index (χ0) is 22.4. The zero-order valence-corrected chi connectivity index (χ0v) is 18.2. The van der Waals surface area contributed by atoms with Crippen molar-refractivity contribution in [3.05, 3.63) is 58.8 Å². The van der Waals surface area contributed by atoms with Gasteiger partial charge in [0.2, 0.25) is 0 Å². The Morgan fingerprint density at radius 2 is 1.87 bits per heavy atom. The van der Waals surface area contributed by atoms with Gasteiger partial charge in [-0.3, -0.25) is 9.36 Å². The molecular weight excluding hydrogens is 384 g/mol. The summed E-state index contributed by atoms with van der Waals surface area (Å²) in [5.74, 6) is -0.295. The van der Waals surface area contributed by atoms with Crippen molar-refractivity contribution >= 4 is 17.7 Å². The number of rotatable bonds is 7. The molecule has 0 saturated carbocycles. The summed E-state index contributed by atoms with van der Waals surface area (Å²) in [6, 6.07) is 8.55. The van der Waals surface area contributed by atoms with E-state index in [2.05, 4.69) is 15.6 Å². The van der Waals surface area contributed by atoms with Crippen molar-refractivity contribution in [1.29, 1.82) is 0 Å². The van der Waals surface area contributed by atoms with E-state index >= 15 is 0 Å². The molecule has 0 fully saturated rings. The van der Waals surface area contributed by atoms with Crippen LogP contribution in [0.5, 0.6) is 0 Å². The van der Waals surface area contributed by atoms with Crippen molar-refractivity contribution in [1.82, 2.24) is 14.9 Å². The Bertz CT molecular complexity index is 944. The van der Waals surface area contributed by atoms with Gasteiger partial charge in [0.1, 0.15) is 5.60 Å². The number of hydrogen-bond donors (Lipinski definition) is 2. The normalized spacial score (nSPS) is 11.6. The lowest BCUT2D eigenvalue weighted by Gasteiger charge is -2.27. The molecule has 1 aromatic heterocycles. The number of esters is 1. The Kier molecular flexibility index (Phi) is 7.37. The van der Waals surface area contributed by atoms with Crippen LogP contribution in [0.15, 0.2) is 47.5 Å². The Balaban J connectivity index is 1.91. The Morgan fingerprint density at radius 3 is 2.53 bits per heavy atom. The average molecular weight is 415 g/mol. The quantitative estimate of drug-likeness (QED) is 0.677. The van der Waals surface area contributed by atoms with Crippen LogP contribution >= 0.6 is 0 Å². The second-order valence-corrected chi connectivity index (χ2v) is 8.78. The third kappa shape index (κ3) is 8.06. The number of hydrogen-bond acceptors (Lipinski definition) is 5. The summed E-state index contributed by atoms with van der Waals surface area (Å²) in [6.07, 6.45) is 3.76. The molecule has 0 aliphatic heterocycles. The van der Waals surface area contributed by atoms with Gasteiger partial charge in [-0.15, -0.1) is 0 Å². The predicted molar refractivity (Wildman–Crippen MR) is 115 cm³/mol. The van der Waals surface area contributed by atoms with E-state index < -0.39 is 11.1 Å².